The molecule has 7 heteroatoms. The van der Waals surface area contributed by atoms with Crippen molar-refractivity contribution in [1.82, 2.24) is 5.32 Å². The van der Waals surface area contributed by atoms with Crippen LogP contribution in [-0.2, 0) is 19.4 Å². The van der Waals surface area contributed by atoms with Crippen molar-refractivity contribution in [1.29, 1.82) is 0 Å². The lowest BCUT2D eigenvalue weighted by molar-refractivity contribution is -0.123. The molecule has 1 saturated carbocycles. The van der Waals surface area contributed by atoms with Crippen LogP contribution < -0.4 is 5.32 Å². The summed E-state index contributed by atoms with van der Waals surface area (Å²) in [5.74, 6) is -0.147. The molecular weight excluding hydrogens is 369 g/mol. The number of rotatable bonds is 4. The lowest BCUT2D eigenvalue weighted by Gasteiger charge is -2.32. The molecular formula is C20H26FNO4S. The van der Waals surface area contributed by atoms with Gasteiger partial charge in [0.15, 0.2) is 9.84 Å². The number of hydrogen-bond donors (Lipinski definition) is 1. The number of halogens is 1. The van der Waals surface area contributed by atoms with Gasteiger partial charge >= 0.3 is 0 Å². The van der Waals surface area contributed by atoms with Crippen molar-refractivity contribution in [3.63, 3.8) is 0 Å². The van der Waals surface area contributed by atoms with E-state index in [1.165, 1.54) is 26.0 Å². The van der Waals surface area contributed by atoms with Gasteiger partial charge < -0.3 is 10.1 Å². The number of hydrogen-bond acceptors (Lipinski definition) is 4. The Morgan fingerprint density at radius 3 is 2.33 bits per heavy atom. The monoisotopic (exact) mass is 395 g/mol. The molecule has 1 aromatic carbocycles. The van der Waals surface area contributed by atoms with E-state index in [1.54, 1.807) is 0 Å². The molecule has 3 rings (SSSR count). The molecule has 1 fully saturated rings. The average Bonchev–Trinajstić information content (AvgIpc) is 3.27. The van der Waals surface area contributed by atoms with E-state index in [1.807, 2.05) is 26.8 Å². The van der Waals surface area contributed by atoms with Gasteiger partial charge in [-0.25, -0.2) is 12.8 Å². The summed E-state index contributed by atoms with van der Waals surface area (Å²) in [7, 11) is -3.99. The fraction of sp³-hybridized carbons (Fsp3) is 0.550. The Balaban J connectivity index is 1.86. The molecule has 5 nitrogen and oxygen atoms in total. The van der Waals surface area contributed by atoms with Crippen molar-refractivity contribution < 1.29 is 22.3 Å². The molecule has 1 aliphatic heterocycles. The summed E-state index contributed by atoms with van der Waals surface area (Å²) in [6, 6.07) is 4.52. The number of allylic oxidation sites excluding steroid dienone is 1. The van der Waals surface area contributed by atoms with E-state index in [-0.39, 0.29) is 16.2 Å². The highest BCUT2D eigenvalue weighted by Crippen LogP contribution is 2.51. The summed E-state index contributed by atoms with van der Waals surface area (Å²) in [4.78, 5) is 12.9. The maximum atomic E-state index is 13.1. The van der Waals surface area contributed by atoms with Crippen LogP contribution in [0.3, 0.4) is 0 Å². The van der Waals surface area contributed by atoms with Gasteiger partial charge in [-0.05, 0) is 50.6 Å². The van der Waals surface area contributed by atoms with Crippen LogP contribution in [0.5, 0.6) is 0 Å². The quantitative estimate of drug-likeness (QED) is 0.795. The summed E-state index contributed by atoms with van der Waals surface area (Å²) in [5.41, 5.74) is -0.742. The Kier molecular flexibility index (Phi) is 4.45. The van der Waals surface area contributed by atoms with Gasteiger partial charge in [-0.1, -0.05) is 20.8 Å². The van der Waals surface area contributed by atoms with E-state index in [0.717, 1.165) is 24.3 Å². The second kappa shape index (κ2) is 6.06. The standard InChI is InChI=1S/C20H26FNO4S/c1-18(2,3)16-11-20(10-13(20)12-26-16)22-17(23)19(4,5)27(24,25)15-8-6-14(21)7-9-15/h6-9,11,13H,10,12H2,1-5H3,(H,22,23). The molecule has 1 aromatic rings. The smallest absolute Gasteiger partial charge is 0.241 e. The summed E-state index contributed by atoms with van der Waals surface area (Å²) < 4.78 is 43.2. The first-order valence-electron chi connectivity index (χ1n) is 8.98. The number of sulfone groups is 1. The third kappa shape index (κ3) is 3.37. The van der Waals surface area contributed by atoms with Crippen molar-refractivity contribution in [2.24, 2.45) is 11.3 Å². The lowest BCUT2D eigenvalue weighted by Crippen LogP contribution is -2.53. The minimum absolute atomic E-state index is 0.0770. The first kappa shape index (κ1) is 19.9. The molecule has 2 atom stereocenters. The van der Waals surface area contributed by atoms with Gasteiger partial charge in [0, 0.05) is 11.3 Å². The minimum Gasteiger partial charge on any atom is -0.497 e. The first-order valence-corrected chi connectivity index (χ1v) is 10.5. The zero-order valence-electron chi connectivity index (χ0n) is 16.3. The Morgan fingerprint density at radius 2 is 1.78 bits per heavy atom. The van der Waals surface area contributed by atoms with Crippen LogP contribution in [0.25, 0.3) is 0 Å². The minimum atomic E-state index is -3.99. The Morgan fingerprint density at radius 1 is 1.19 bits per heavy atom. The van der Waals surface area contributed by atoms with Crippen LogP contribution >= 0.6 is 0 Å². The zero-order valence-corrected chi connectivity index (χ0v) is 17.1. The molecule has 0 bridgehead atoms. The molecule has 27 heavy (non-hydrogen) atoms. The molecule has 0 radical (unpaired) electrons. The van der Waals surface area contributed by atoms with Crippen molar-refractivity contribution in [2.75, 3.05) is 6.61 Å². The highest BCUT2D eigenvalue weighted by atomic mass is 32.2. The first-order chi connectivity index (χ1) is 12.3. The van der Waals surface area contributed by atoms with Crippen molar-refractivity contribution in [3.05, 3.63) is 41.9 Å². The summed E-state index contributed by atoms with van der Waals surface area (Å²) >= 11 is 0. The maximum Gasteiger partial charge on any atom is 0.241 e. The van der Waals surface area contributed by atoms with E-state index in [9.17, 15) is 17.6 Å². The fourth-order valence-corrected chi connectivity index (χ4v) is 4.59. The molecule has 148 valence electrons. The summed E-state index contributed by atoms with van der Waals surface area (Å²) in [6.45, 7) is 9.35. The molecule has 1 aliphatic carbocycles. The van der Waals surface area contributed by atoms with Crippen molar-refractivity contribution in [3.8, 4) is 0 Å². The van der Waals surface area contributed by atoms with E-state index in [4.69, 9.17) is 4.74 Å². The SMILES string of the molecule is CC(C)(C)C1=CC2(NC(=O)C(C)(C)S(=O)(=O)c3ccc(F)cc3)CC2CO1. The van der Waals surface area contributed by atoms with Gasteiger partial charge in [0.1, 0.15) is 10.6 Å². The summed E-state index contributed by atoms with van der Waals surface area (Å²) in [6.07, 6.45) is 2.66. The summed E-state index contributed by atoms with van der Waals surface area (Å²) in [5, 5.41) is 2.95. The Labute approximate surface area is 159 Å². The van der Waals surface area contributed by atoms with Crippen LogP contribution in [0.15, 0.2) is 41.0 Å². The van der Waals surface area contributed by atoms with Crippen LogP contribution in [0.4, 0.5) is 4.39 Å². The Hall–Kier alpha value is -1.89. The second-order valence-electron chi connectivity index (χ2n) is 8.93. The molecule has 1 N–H and O–H groups in total. The van der Waals surface area contributed by atoms with Crippen LogP contribution in [-0.4, -0.2) is 31.2 Å². The molecule has 0 aromatic heterocycles. The molecule has 0 saturated heterocycles. The number of nitrogens with one attached hydrogen (secondary N) is 1. The average molecular weight is 395 g/mol. The fourth-order valence-electron chi connectivity index (χ4n) is 3.21. The molecule has 0 spiro atoms. The van der Waals surface area contributed by atoms with E-state index in [0.29, 0.717) is 6.61 Å². The number of fused-ring (bicyclic) bond motifs is 1. The van der Waals surface area contributed by atoms with Gasteiger partial charge in [0.05, 0.1) is 22.8 Å². The maximum absolute atomic E-state index is 13.1. The number of amides is 1. The highest BCUT2D eigenvalue weighted by Gasteiger charge is 2.59. The zero-order chi connectivity index (χ0) is 20.3. The highest BCUT2D eigenvalue weighted by molar-refractivity contribution is 7.93. The van der Waals surface area contributed by atoms with E-state index in [2.05, 4.69) is 5.32 Å². The topological polar surface area (TPSA) is 72.5 Å². The predicted octanol–water partition coefficient (Wildman–Crippen LogP) is 3.21. The van der Waals surface area contributed by atoms with Gasteiger partial charge in [0.25, 0.3) is 0 Å². The number of ether oxygens (including phenoxy) is 1. The molecule has 2 unspecified atom stereocenters. The van der Waals surface area contributed by atoms with Gasteiger partial charge in [-0.3, -0.25) is 4.79 Å². The van der Waals surface area contributed by atoms with E-state index >= 15 is 0 Å². The molecule has 1 amide bonds. The third-order valence-electron chi connectivity index (χ3n) is 5.41. The van der Waals surface area contributed by atoms with Crippen LogP contribution in [0, 0.1) is 17.2 Å². The van der Waals surface area contributed by atoms with Gasteiger partial charge in [-0.15, -0.1) is 0 Å². The van der Waals surface area contributed by atoms with Crippen LogP contribution in [0.2, 0.25) is 0 Å². The van der Waals surface area contributed by atoms with Gasteiger partial charge in [0.2, 0.25) is 5.91 Å². The predicted molar refractivity (Wildman–Crippen MR) is 100 cm³/mol. The number of benzene rings is 1. The molecule has 2 aliphatic rings. The van der Waals surface area contributed by atoms with E-state index < -0.39 is 31.8 Å². The second-order valence-corrected chi connectivity index (χ2v) is 11.4. The normalized spacial score (nSPS) is 25.1. The number of carbonyl (C=O) groups is 1. The third-order valence-corrected chi connectivity index (χ3v) is 7.83. The molecule has 1 heterocycles. The van der Waals surface area contributed by atoms with Crippen molar-refractivity contribution >= 4 is 15.7 Å². The van der Waals surface area contributed by atoms with Gasteiger partial charge in [-0.2, -0.15) is 0 Å². The Bertz CT molecular complexity index is 897. The van der Waals surface area contributed by atoms with Crippen molar-refractivity contribution in [2.45, 2.75) is 56.2 Å². The van der Waals surface area contributed by atoms with Crippen LogP contribution in [0.1, 0.15) is 41.0 Å². The number of carbonyl (C=O) groups excluding carboxylic acids is 1. The largest absolute Gasteiger partial charge is 0.497 e. The lowest BCUT2D eigenvalue weighted by atomic mass is 9.90.